The van der Waals surface area contributed by atoms with Crippen molar-refractivity contribution in [3.8, 4) is 11.1 Å². The molecule has 164 valence electrons. The summed E-state index contributed by atoms with van der Waals surface area (Å²) >= 11 is 0. The van der Waals surface area contributed by atoms with E-state index < -0.39 is 11.8 Å². The number of hydrogen-bond acceptors (Lipinski definition) is 4. The first-order valence-corrected chi connectivity index (χ1v) is 10.6. The summed E-state index contributed by atoms with van der Waals surface area (Å²) in [7, 11) is 0. The van der Waals surface area contributed by atoms with Crippen LogP contribution in [0.25, 0.3) is 33.2 Å². The highest BCUT2D eigenvalue weighted by Crippen LogP contribution is 2.38. The molecule has 0 unspecified atom stereocenters. The summed E-state index contributed by atoms with van der Waals surface area (Å²) in [6, 6.07) is 19.4. The molecule has 1 atom stereocenters. The molecule has 0 bridgehead atoms. The maximum Gasteiger partial charge on any atom is 0.337 e. The number of pyridine rings is 1. The summed E-state index contributed by atoms with van der Waals surface area (Å²) in [6.45, 7) is 3.91. The SMILES string of the molecule is Cc1cc([C@@H](C)Nc2ccc(F)cc2C(=O)O)c2oc3c(-c4ccccc4)ccnc3c2c1. The number of hydrogen-bond donors (Lipinski definition) is 2. The molecular formula is C27H21FN2O3. The molecule has 0 fully saturated rings. The zero-order chi connectivity index (χ0) is 23.1. The molecule has 0 spiro atoms. The molecule has 0 amide bonds. The highest BCUT2D eigenvalue weighted by Gasteiger charge is 2.21. The summed E-state index contributed by atoms with van der Waals surface area (Å²) in [6.07, 6.45) is 1.78. The van der Waals surface area contributed by atoms with Gasteiger partial charge in [-0.2, -0.15) is 0 Å². The zero-order valence-corrected chi connectivity index (χ0v) is 18.1. The van der Waals surface area contributed by atoms with Crippen LogP contribution in [-0.2, 0) is 0 Å². The average Bonchev–Trinajstić information content (AvgIpc) is 3.18. The van der Waals surface area contributed by atoms with E-state index in [0.29, 0.717) is 16.9 Å². The molecular weight excluding hydrogens is 419 g/mol. The number of carbonyl (C=O) groups is 1. The van der Waals surface area contributed by atoms with Gasteiger partial charge in [0.05, 0.1) is 11.6 Å². The van der Waals surface area contributed by atoms with Gasteiger partial charge in [-0.15, -0.1) is 0 Å². The van der Waals surface area contributed by atoms with Crippen LogP contribution in [0.3, 0.4) is 0 Å². The molecule has 0 radical (unpaired) electrons. The second-order valence-corrected chi connectivity index (χ2v) is 8.10. The summed E-state index contributed by atoms with van der Waals surface area (Å²) in [5.41, 5.74) is 6.25. The van der Waals surface area contributed by atoms with Crippen LogP contribution in [-0.4, -0.2) is 16.1 Å². The van der Waals surface area contributed by atoms with Crippen molar-refractivity contribution >= 4 is 33.7 Å². The predicted octanol–water partition coefficient (Wildman–Crippen LogP) is 6.97. The predicted molar refractivity (Wildman–Crippen MR) is 127 cm³/mol. The van der Waals surface area contributed by atoms with Crippen LogP contribution in [0.1, 0.15) is 34.5 Å². The zero-order valence-electron chi connectivity index (χ0n) is 18.1. The van der Waals surface area contributed by atoms with Gasteiger partial charge in [0.15, 0.2) is 5.58 Å². The fourth-order valence-electron chi connectivity index (χ4n) is 4.23. The fraction of sp³-hybridized carbons (Fsp3) is 0.111. The monoisotopic (exact) mass is 440 g/mol. The van der Waals surface area contributed by atoms with Gasteiger partial charge < -0.3 is 14.8 Å². The Labute approximate surface area is 189 Å². The van der Waals surface area contributed by atoms with E-state index >= 15 is 0 Å². The van der Waals surface area contributed by atoms with Gasteiger partial charge in [0, 0.05) is 28.4 Å². The van der Waals surface area contributed by atoms with Crippen molar-refractivity contribution in [2.75, 3.05) is 5.32 Å². The molecule has 0 saturated carbocycles. The normalized spacial score (nSPS) is 12.2. The van der Waals surface area contributed by atoms with Crippen LogP contribution < -0.4 is 5.32 Å². The number of nitrogens with one attached hydrogen (secondary N) is 1. The lowest BCUT2D eigenvalue weighted by Crippen LogP contribution is -2.11. The number of carboxylic acid groups (broad SMARTS) is 1. The number of fused-ring (bicyclic) bond motifs is 3. The Morgan fingerprint density at radius 1 is 1.06 bits per heavy atom. The van der Waals surface area contributed by atoms with Crippen molar-refractivity contribution < 1.29 is 18.7 Å². The van der Waals surface area contributed by atoms with Crippen LogP contribution in [0, 0.1) is 12.7 Å². The van der Waals surface area contributed by atoms with Crippen molar-refractivity contribution in [2.24, 2.45) is 0 Å². The highest BCUT2D eigenvalue weighted by atomic mass is 19.1. The van der Waals surface area contributed by atoms with Gasteiger partial charge in [-0.3, -0.25) is 4.98 Å². The highest BCUT2D eigenvalue weighted by molar-refractivity contribution is 6.08. The summed E-state index contributed by atoms with van der Waals surface area (Å²) in [5.74, 6) is -1.79. The average molecular weight is 440 g/mol. The lowest BCUT2D eigenvalue weighted by atomic mass is 10.0. The van der Waals surface area contributed by atoms with Crippen LogP contribution in [0.4, 0.5) is 10.1 Å². The number of rotatable bonds is 5. The number of benzene rings is 3. The van der Waals surface area contributed by atoms with Gasteiger partial charge in [-0.05, 0) is 55.3 Å². The number of anilines is 1. The van der Waals surface area contributed by atoms with Crippen molar-refractivity contribution in [3.05, 3.63) is 95.4 Å². The topological polar surface area (TPSA) is 75.4 Å². The van der Waals surface area contributed by atoms with E-state index in [1.807, 2.05) is 62.4 Å². The summed E-state index contributed by atoms with van der Waals surface area (Å²) < 4.78 is 20.0. The Balaban J connectivity index is 1.66. The van der Waals surface area contributed by atoms with E-state index in [1.54, 1.807) is 6.20 Å². The van der Waals surface area contributed by atoms with Crippen LogP contribution >= 0.6 is 0 Å². The molecule has 0 aliphatic heterocycles. The Bertz CT molecular complexity index is 1510. The molecule has 5 aromatic rings. The number of aromatic carboxylic acids is 1. The first-order valence-electron chi connectivity index (χ1n) is 10.6. The van der Waals surface area contributed by atoms with E-state index in [9.17, 15) is 14.3 Å². The largest absolute Gasteiger partial charge is 0.478 e. The minimum atomic E-state index is -1.20. The lowest BCUT2D eigenvalue weighted by Gasteiger charge is -2.18. The second-order valence-electron chi connectivity index (χ2n) is 8.10. The number of aryl methyl sites for hydroxylation is 1. The Kier molecular flexibility index (Phi) is 5.05. The van der Waals surface area contributed by atoms with E-state index in [0.717, 1.165) is 39.2 Å². The van der Waals surface area contributed by atoms with Gasteiger partial charge in [-0.1, -0.05) is 36.4 Å². The third-order valence-electron chi connectivity index (χ3n) is 5.76. The molecule has 0 aliphatic carbocycles. The number of carboxylic acids is 1. The number of halogens is 1. The molecule has 3 aromatic carbocycles. The van der Waals surface area contributed by atoms with Crippen molar-refractivity contribution in [3.63, 3.8) is 0 Å². The minimum Gasteiger partial charge on any atom is -0.478 e. The Morgan fingerprint density at radius 3 is 2.61 bits per heavy atom. The van der Waals surface area contributed by atoms with Crippen molar-refractivity contribution in [1.82, 2.24) is 4.98 Å². The van der Waals surface area contributed by atoms with Crippen LogP contribution in [0.5, 0.6) is 0 Å². The number of aromatic nitrogens is 1. The molecule has 0 saturated heterocycles. The van der Waals surface area contributed by atoms with E-state index in [1.165, 1.54) is 12.1 Å². The van der Waals surface area contributed by atoms with Gasteiger partial charge in [0.25, 0.3) is 0 Å². The number of furan rings is 1. The number of nitrogens with zero attached hydrogens (tertiary/aromatic N) is 1. The van der Waals surface area contributed by atoms with Gasteiger partial charge in [0.2, 0.25) is 0 Å². The molecule has 2 N–H and O–H groups in total. The smallest absolute Gasteiger partial charge is 0.337 e. The third kappa shape index (κ3) is 3.69. The molecule has 6 heteroatoms. The molecule has 2 heterocycles. The Hall–Kier alpha value is -4.19. The van der Waals surface area contributed by atoms with E-state index in [4.69, 9.17) is 4.42 Å². The summed E-state index contributed by atoms with van der Waals surface area (Å²) in [5, 5.41) is 13.6. The molecule has 5 nitrogen and oxygen atoms in total. The fourth-order valence-corrected chi connectivity index (χ4v) is 4.23. The van der Waals surface area contributed by atoms with E-state index in [2.05, 4.69) is 10.3 Å². The van der Waals surface area contributed by atoms with Gasteiger partial charge in [0.1, 0.15) is 16.9 Å². The van der Waals surface area contributed by atoms with Crippen LogP contribution in [0.2, 0.25) is 0 Å². The quantitative estimate of drug-likeness (QED) is 0.309. The maximum atomic E-state index is 13.6. The minimum absolute atomic E-state index is 0.122. The lowest BCUT2D eigenvalue weighted by molar-refractivity contribution is 0.0697. The van der Waals surface area contributed by atoms with E-state index in [-0.39, 0.29) is 11.6 Å². The first-order chi connectivity index (χ1) is 15.9. The van der Waals surface area contributed by atoms with Gasteiger partial charge >= 0.3 is 5.97 Å². The third-order valence-corrected chi connectivity index (χ3v) is 5.76. The standard InChI is InChI=1S/C27H21FN2O3/c1-15-12-20(16(2)30-23-9-8-18(28)14-21(23)27(31)32)25-22(13-15)24-26(33-25)19(10-11-29-24)17-6-4-3-5-7-17/h3-14,16,30H,1-2H3,(H,31,32)/t16-/m1/s1. The summed E-state index contributed by atoms with van der Waals surface area (Å²) in [4.78, 5) is 16.2. The van der Waals surface area contributed by atoms with Crippen molar-refractivity contribution in [2.45, 2.75) is 19.9 Å². The molecule has 33 heavy (non-hydrogen) atoms. The maximum absolute atomic E-state index is 13.6. The van der Waals surface area contributed by atoms with Gasteiger partial charge in [-0.25, -0.2) is 9.18 Å². The van der Waals surface area contributed by atoms with Crippen molar-refractivity contribution in [1.29, 1.82) is 0 Å². The molecule has 0 aliphatic rings. The molecule has 5 rings (SSSR count). The first kappa shape index (κ1) is 20.7. The van der Waals surface area contributed by atoms with Crippen LogP contribution in [0.15, 0.2) is 77.3 Å². The second kappa shape index (κ2) is 8.06. The molecule has 2 aromatic heterocycles. The Morgan fingerprint density at radius 2 is 1.85 bits per heavy atom.